The molecule has 0 aliphatic carbocycles. The van der Waals surface area contributed by atoms with Crippen LogP contribution in [0.5, 0.6) is 5.75 Å². The van der Waals surface area contributed by atoms with Gasteiger partial charge >= 0.3 is 5.97 Å². The molecule has 0 radical (unpaired) electrons. The highest BCUT2D eigenvalue weighted by molar-refractivity contribution is 7.85. The van der Waals surface area contributed by atoms with Gasteiger partial charge in [0.2, 0.25) is 0 Å². The van der Waals surface area contributed by atoms with Crippen molar-refractivity contribution in [1.29, 1.82) is 0 Å². The second kappa shape index (κ2) is 6.32. The molecule has 0 heterocycles. The van der Waals surface area contributed by atoms with Gasteiger partial charge in [0.1, 0.15) is 5.75 Å². The van der Waals surface area contributed by atoms with Gasteiger partial charge in [-0.2, -0.15) is 8.42 Å². The molecule has 0 fully saturated rings. The molecule has 98 valence electrons. The first-order valence-electron chi connectivity index (χ1n) is 5.36. The minimum Gasteiger partial charge on any atom is -0.426 e. The van der Waals surface area contributed by atoms with E-state index in [9.17, 15) is 13.2 Å². The highest BCUT2D eigenvalue weighted by Crippen LogP contribution is 2.16. The first-order valence-corrected chi connectivity index (χ1v) is 6.80. The molecule has 6 heteroatoms. The molecule has 5 nitrogen and oxygen atoms in total. The number of carbonyl (C=O) groups excluding carboxylic acids is 1. The van der Waals surface area contributed by atoms with Crippen LogP contribution in [-0.2, 0) is 14.9 Å². The zero-order valence-electron chi connectivity index (χ0n) is 9.87. The second-order valence-corrected chi connectivity index (χ2v) is 4.93. The van der Waals surface area contributed by atoms with Crippen LogP contribution in [0.4, 0.5) is 0 Å². The Morgan fingerprint density at radius 3 is 2.39 bits per heavy atom. The normalized spacial score (nSPS) is 11.7. The summed E-state index contributed by atoms with van der Waals surface area (Å²) >= 11 is 0. The molecule has 0 unspecified atom stereocenters. The van der Waals surface area contributed by atoms with Gasteiger partial charge in [-0.3, -0.25) is 9.35 Å². The van der Waals surface area contributed by atoms with E-state index in [4.69, 9.17) is 9.29 Å². The number of esters is 1. The predicted molar refractivity (Wildman–Crippen MR) is 65.9 cm³/mol. The molecule has 0 aromatic heterocycles. The predicted octanol–water partition coefficient (Wildman–Crippen LogP) is 2.20. The Hall–Kier alpha value is -1.66. The van der Waals surface area contributed by atoms with Crippen LogP contribution in [0, 0.1) is 0 Å². The largest absolute Gasteiger partial charge is 0.426 e. The minimum absolute atomic E-state index is 0.161. The van der Waals surface area contributed by atoms with Gasteiger partial charge in [0.15, 0.2) is 0 Å². The lowest BCUT2D eigenvalue weighted by molar-refractivity contribution is -0.133. The number of benzene rings is 1. The Kier molecular flexibility index (Phi) is 5.06. The first kappa shape index (κ1) is 14.4. The zero-order chi connectivity index (χ0) is 13.6. The monoisotopic (exact) mass is 270 g/mol. The summed E-state index contributed by atoms with van der Waals surface area (Å²) in [4.78, 5) is 11.1. The van der Waals surface area contributed by atoms with Crippen LogP contribution in [0.2, 0.25) is 0 Å². The van der Waals surface area contributed by atoms with E-state index in [1.807, 2.05) is 13.0 Å². The van der Waals surface area contributed by atoms with Crippen LogP contribution >= 0.6 is 0 Å². The molecule has 1 aromatic carbocycles. The summed E-state index contributed by atoms with van der Waals surface area (Å²) in [5, 5.41) is 0. The number of allylic oxidation sites excluding steroid dienone is 1. The zero-order valence-corrected chi connectivity index (χ0v) is 10.7. The van der Waals surface area contributed by atoms with Crippen LogP contribution in [-0.4, -0.2) is 18.9 Å². The average Bonchev–Trinajstić information content (AvgIpc) is 2.29. The van der Waals surface area contributed by atoms with Gasteiger partial charge in [0, 0.05) is 0 Å². The van der Waals surface area contributed by atoms with Crippen LogP contribution in [0.3, 0.4) is 0 Å². The smallest absolute Gasteiger partial charge is 0.315 e. The van der Waals surface area contributed by atoms with Gasteiger partial charge in [-0.25, -0.2) is 0 Å². The van der Waals surface area contributed by atoms with E-state index in [1.165, 1.54) is 24.3 Å². The van der Waals surface area contributed by atoms with Crippen LogP contribution < -0.4 is 4.74 Å². The molecule has 0 spiro atoms. The molecular formula is C12H14O5S. The van der Waals surface area contributed by atoms with E-state index in [0.29, 0.717) is 0 Å². The van der Waals surface area contributed by atoms with Crippen LogP contribution in [0.25, 0.3) is 0 Å². The number of hydrogen-bond acceptors (Lipinski definition) is 4. The molecule has 0 aliphatic heterocycles. The summed E-state index contributed by atoms with van der Waals surface area (Å²) in [5.41, 5.74) is 0. The molecule has 0 saturated carbocycles. The molecular weight excluding hydrogens is 256 g/mol. The maximum atomic E-state index is 11.3. The van der Waals surface area contributed by atoms with Crippen LogP contribution in [0.1, 0.15) is 19.8 Å². The summed E-state index contributed by atoms with van der Waals surface area (Å²) in [6, 6.07) is 4.95. The number of rotatable bonds is 5. The molecule has 0 amide bonds. The van der Waals surface area contributed by atoms with Crippen molar-refractivity contribution < 1.29 is 22.5 Å². The third-order valence-corrected chi connectivity index (χ3v) is 2.91. The molecule has 1 rings (SSSR count). The van der Waals surface area contributed by atoms with Gasteiger partial charge in [0.05, 0.1) is 11.3 Å². The molecule has 1 N–H and O–H groups in total. The summed E-state index contributed by atoms with van der Waals surface area (Å²) in [6.07, 6.45) is 4.56. The summed E-state index contributed by atoms with van der Waals surface area (Å²) < 4.78 is 35.3. The lowest BCUT2D eigenvalue weighted by Gasteiger charge is -2.03. The van der Waals surface area contributed by atoms with Crippen molar-refractivity contribution in [3.63, 3.8) is 0 Å². The van der Waals surface area contributed by atoms with Crippen molar-refractivity contribution in [3.8, 4) is 5.75 Å². The molecule has 0 saturated heterocycles. The van der Waals surface area contributed by atoms with Crippen molar-refractivity contribution in [2.24, 2.45) is 0 Å². The van der Waals surface area contributed by atoms with Gasteiger partial charge in [-0.05, 0) is 30.7 Å². The maximum absolute atomic E-state index is 11.3. The average molecular weight is 270 g/mol. The maximum Gasteiger partial charge on any atom is 0.315 e. The lowest BCUT2D eigenvalue weighted by Crippen LogP contribution is -2.06. The van der Waals surface area contributed by atoms with Gasteiger partial charge in [-0.15, -0.1) is 0 Å². The van der Waals surface area contributed by atoms with Crippen molar-refractivity contribution in [2.45, 2.75) is 24.7 Å². The lowest BCUT2D eigenvalue weighted by atomic mass is 10.3. The first-order chi connectivity index (χ1) is 8.43. The quantitative estimate of drug-likeness (QED) is 0.384. The number of ether oxygens (including phenoxy) is 1. The van der Waals surface area contributed by atoms with Crippen molar-refractivity contribution >= 4 is 16.1 Å². The highest BCUT2D eigenvalue weighted by atomic mass is 32.2. The molecule has 0 atom stereocenters. The Balaban J connectivity index is 2.64. The van der Waals surface area contributed by atoms with Gasteiger partial charge < -0.3 is 4.74 Å². The van der Waals surface area contributed by atoms with Crippen molar-refractivity contribution in [3.05, 3.63) is 36.4 Å². The molecule has 18 heavy (non-hydrogen) atoms. The Labute approximate surface area is 106 Å². The summed E-state index contributed by atoms with van der Waals surface area (Å²) in [5.74, 6) is -0.198. The Morgan fingerprint density at radius 1 is 1.28 bits per heavy atom. The Morgan fingerprint density at radius 2 is 1.89 bits per heavy atom. The van der Waals surface area contributed by atoms with E-state index < -0.39 is 16.1 Å². The third kappa shape index (κ3) is 4.68. The third-order valence-electron chi connectivity index (χ3n) is 2.04. The number of hydrogen-bond donors (Lipinski definition) is 1. The van der Waals surface area contributed by atoms with Gasteiger partial charge in [-0.1, -0.05) is 19.1 Å². The van der Waals surface area contributed by atoms with E-state index in [0.717, 1.165) is 6.42 Å². The molecule has 0 aliphatic rings. The van der Waals surface area contributed by atoms with Crippen LogP contribution in [0.15, 0.2) is 41.3 Å². The van der Waals surface area contributed by atoms with Crippen molar-refractivity contribution in [1.82, 2.24) is 0 Å². The molecule has 1 aromatic rings. The van der Waals surface area contributed by atoms with Gasteiger partial charge in [0.25, 0.3) is 10.1 Å². The van der Waals surface area contributed by atoms with E-state index in [-0.39, 0.29) is 17.1 Å². The fourth-order valence-electron chi connectivity index (χ4n) is 1.20. The number of carbonyl (C=O) groups is 1. The molecule has 0 bridgehead atoms. The second-order valence-electron chi connectivity index (χ2n) is 3.50. The topological polar surface area (TPSA) is 80.7 Å². The standard InChI is InChI=1S/C12H14O5S/c1-2-3-4-5-12(13)17-10-6-8-11(9-7-10)18(14,15)16/h3-4,6-9H,2,5H2,1H3,(H,14,15,16). The Bertz CT molecular complexity index is 528. The summed E-state index contributed by atoms with van der Waals surface area (Å²) in [6.45, 7) is 1.95. The fourth-order valence-corrected chi connectivity index (χ4v) is 1.68. The fraction of sp³-hybridized carbons (Fsp3) is 0.250. The van der Waals surface area contributed by atoms with E-state index >= 15 is 0 Å². The minimum atomic E-state index is -4.22. The van der Waals surface area contributed by atoms with E-state index in [2.05, 4.69) is 0 Å². The summed E-state index contributed by atoms with van der Waals surface area (Å²) in [7, 11) is -4.22. The van der Waals surface area contributed by atoms with Crippen molar-refractivity contribution in [2.75, 3.05) is 0 Å². The van der Waals surface area contributed by atoms with E-state index in [1.54, 1.807) is 6.08 Å². The SMILES string of the molecule is CCC=CCC(=O)Oc1ccc(S(=O)(=O)O)cc1. The highest BCUT2D eigenvalue weighted by Gasteiger charge is 2.09.